The van der Waals surface area contributed by atoms with Crippen LogP contribution in [0, 0.1) is 0 Å². The van der Waals surface area contributed by atoms with Crippen molar-refractivity contribution < 1.29 is 4.79 Å². The highest BCUT2D eigenvalue weighted by atomic mass is 127. The number of halogens is 1. The third kappa shape index (κ3) is 4.53. The third-order valence-corrected chi connectivity index (χ3v) is 3.72. The van der Waals surface area contributed by atoms with E-state index in [4.69, 9.17) is 0 Å². The first-order valence-corrected chi connectivity index (χ1v) is 6.99. The van der Waals surface area contributed by atoms with Gasteiger partial charge in [-0.15, -0.1) is 0 Å². The van der Waals surface area contributed by atoms with E-state index in [1.165, 1.54) is 25.7 Å². The van der Waals surface area contributed by atoms with E-state index in [0.717, 1.165) is 29.5 Å². The van der Waals surface area contributed by atoms with E-state index in [1.807, 2.05) is 4.90 Å². The summed E-state index contributed by atoms with van der Waals surface area (Å²) in [5.74, 6) is 0.296. The fraction of sp³-hybridized carbons (Fsp3) is 0.750. The molecule has 2 nitrogen and oxygen atoms in total. The molecule has 15 heavy (non-hydrogen) atoms. The van der Waals surface area contributed by atoms with Gasteiger partial charge in [-0.1, -0.05) is 32.3 Å². The number of unbranched alkanes of at least 4 members (excludes halogenated alkanes) is 4. The molecular weight excluding hydrogens is 301 g/mol. The maximum absolute atomic E-state index is 11.4. The van der Waals surface area contributed by atoms with Gasteiger partial charge in [0.15, 0.2) is 0 Å². The molecule has 0 aromatic rings. The van der Waals surface area contributed by atoms with Gasteiger partial charge in [0.25, 0.3) is 0 Å². The monoisotopic (exact) mass is 321 g/mol. The molecule has 0 atom stereocenters. The zero-order chi connectivity index (χ0) is 11.1. The summed E-state index contributed by atoms with van der Waals surface area (Å²) in [5.41, 5.74) is 0. The summed E-state index contributed by atoms with van der Waals surface area (Å²) >= 11 is 2.29. The van der Waals surface area contributed by atoms with Crippen LogP contribution in [0.1, 0.15) is 51.9 Å². The Morgan fingerprint density at radius 1 is 1.47 bits per heavy atom. The molecule has 0 aromatic heterocycles. The van der Waals surface area contributed by atoms with Gasteiger partial charge in [0, 0.05) is 13.0 Å². The van der Waals surface area contributed by atoms with Crippen LogP contribution < -0.4 is 0 Å². The summed E-state index contributed by atoms with van der Waals surface area (Å²) in [6, 6.07) is 0. The zero-order valence-electron chi connectivity index (χ0n) is 9.47. The normalized spacial score (nSPS) is 17.6. The average Bonchev–Trinajstić information content (AvgIpc) is 2.64. The van der Waals surface area contributed by atoms with Crippen LogP contribution in [0.25, 0.3) is 0 Å². The minimum atomic E-state index is 0.296. The Labute approximate surface area is 106 Å². The molecule has 1 amide bonds. The molecule has 1 saturated heterocycles. The number of hydrogen-bond donors (Lipinski definition) is 0. The first kappa shape index (κ1) is 13.0. The van der Waals surface area contributed by atoms with Gasteiger partial charge in [-0.05, 0) is 41.9 Å². The molecule has 0 unspecified atom stereocenters. The molecule has 1 aliphatic heterocycles. The number of carbonyl (C=O) groups is 1. The highest BCUT2D eigenvalue weighted by molar-refractivity contribution is 14.1. The Hall–Kier alpha value is -0.0600. The minimum absolute atomic E-state index is 0.296. The summed E-state index contributed by atoms with van der Waals surface area (Å²) in [6.45, 7) is 3.14. The molecule has 0 saturated carbocycles. The second-order valence-electron chi connectivity index (χ2n) is 4.03. The van der Waals surface area contributed by atoms with Crippen molar-refractivity contribution in [2.45, 2.75) is 51.9 Å². The van der Waals surface area contributed by atoms with Crippen LogP contribution in [-0.2, 0) is 4.79 Å². The number of allylic oxidation sites excluding steroid dienone is 1. The second-order valence-corrected chi connectivity index (χ2v) is 5.13. The molecule has 0 spiro atoms. The highest BCUT2D eigenvalue weighted by Crippen LogP contribution is 2.22. The van der Waals surface area contributed by atoms with Crippen LogP contribution in [0.4, 0.5) is 0 Å². The summed E-state index contributed by atoms with van der Waals surface area (Å²) in [4.78, 5) is 13.3. The highest BCUT2D eigenvalue weighted by Gasteiger charge is 2.21. The van der Waals surface area contributed by atoms with Crippen LogP contribution in [0.5, 0.6) is 0 Å². The van der Waals surface area contributed by atoms with Gasteiger partial charge in [0.2, 0.25) is 5.91 Å². The Balaban J connectivity index is 2.23. The number of amides is 1. The lowest BCUT2D eigenvalue weighted by atomic mass is 10.1. The number of rotatable bonds is 6. The molecule has 1 aliphatic rings. The van der Waals surface area contributed by atoms with Crippen LogP contribution in [0.15, 0.2) is 9.78 Å². The summed E-state index contributed by atoms with van der Waals surface area (Å²) in [6.07, 6.45) is 10.2. The van der Waals surface area contributed by atoms with E-state index in [9.17, 15) is 4.79 Å². The van der Waals surface area contributed by atoms with Crippen molar-refractivity contribution >= 4 is 28.5 Å². The molecular formula is C12H20INO. The summed E-state index contributed by atoms with van der Waals surface area (Å²) in [5, 5.41) is 0. The lowest BCUT2D eigenvalue weighted by Crippen LogP contribution is -2.20. The Morgan fingerprint density at radius 2 is 2.27 bits per heavy atom. The summed E-state index contributed by atoms with van der Waals surface area (Å²) < 4.78 is 1.13. The zero-order valence-corrected chi connectivity index (χ0v) is 11.6. The lowest BCUT2D eigenvalue weighted by molar-refractivity contribution is -0.125. The van der Waals surface area contributed by atoms with E-state index in [2.05, 4.69) is 35.6 Å². The number of nitrogens with zero attached hydrogens (tertiary/aromatic N) is 1. The van der Waals surface area contributed by atoms with Gasteiger partial charge in [0.1, 0.15) is 0 Å². The molecule has 0 radical (unpaired) electrons. The van der Waals surface area contributed by atoms with E-state index < -0.39 is 0 Å². The molecule has 1 heterocycles. The second kappa shape index (κ2) is 7.25. The number of carbonyl (C=O) groups excluding carboxylic acids is 1. The summed E-state index contributed by atoms with van der Waals surface area (Å²) in [7, 11) is 0. The molecule has 0 aliphatic carbocycles. The van der Waals surface area contributed by atoms with Crippen molar-refractivity contribution in [1.82, 2.24) is 4.90 Å². The van der Waals surface area contributed by atoms with Gasteiger partial charge >= 0.3 is 0 Å². The maximum Gasteiger partial charge on any atom is 0.227 e. The van der Waals surface area contributed by atoms with E-state index >= 15 is 0 Å². The molecule has 3 heteroatoms. The van der Waals surface area contributed by atoms with Crippen molar-refractivity contribution in [3.63, 3.8) is 0 Å². The largest absolute Gasteiger partial charge is 0.307 e. The fourth-order valence-corrected chi connectivity index (χ4v) is 2.60. The van der Waals surface area contributed by atoms with Crippen LogP contribution in [-0.4, -0.2) is 17.4 Å². The van der Waals surface area contributed by atoms with Crippen molar-refractivity contribution in [1.29, 1.82) is 0 Å². The third-order valence-electron chi connectivity index (χ3n) is 2.70. The molecule has 1 rings (SSSR count). The molecule has 86 valence electrons. The first-order valence-electron chi connectivity index (χ1n) is 5.91. The fourth-order valence-electron chi connectivity index (χ4n) is 1.78. The van der Waals surface area contributed by atoms with Crippen molar-refractivity contribution in [2.24, 2.45) is 0 Å². The van der Waals surface area contributed by atoms with E-state index in [1.54, 1.807) is 0 Å². The lowest BCUT2D eigenvalue weighted by Gasteiger charge is -2.14. The van der Waals surface area contributed by atoms with Crippen molar-refractivity contribution in [3.8, 4) is 0 Å². The van der Waals surface area contributed by atoms with Crippen LogP contribution in [0.3, 0.4) is 0 Å². The average molecular weight is 321 g/mol. The van der Waals surface area contributed by atoms with Gasteiger partial charge in [-0.3, -0.25) is 4.79 Å². The molecule has 1 fully saturated rings. The maximum atomic E-state index is 11.4. The van der Waals surface area contributed by atoms with Gasteiger partial charge in [-0.25, -0.2) is 0 Å². The predicted octanol–water partition coefficient (Wildman–Crippen LogP) is 3.86. The molecule has 0 N–H and O–H groups in total. The quantitative estimate of drug-likeness (QED) is 0.413. The van der Waals surface area contributed by atoms with Crippen molar-refractivity contribution in [3.05, 3.63) is 9.78 Å². The SMILES string of the molecule is CCCCCC/C=C(\I)N1CCCC1=O. The molecule has 0 bridgehead atoms. The number of hydrogen-bond acceptors (Lipinski definition) is 1. The topological polar surface area (TPSA) is 20.3 Å². The van der Waals surface area contributed by atoms with Gasteiger partial charge < -0.3 is 4.90 Å². The van der Waals surface area contributed by atoms with Gasteiger partial charge in [-0.2, -0.15) is 0 Å². The van der Waals surface area contributed by atoms with Crippen LogP contribution in [0.2, 0.25) is 0 Å². The van der Waals surface area contributed by atoms with E-state index in [0.29, 0.717) is 5.91 Å². The molecule has 0 aromatic carbocycles. The first-order chi connectivity index (χ1) is 7.25. The van der Waals surface area contributed by atoms with Crippen LogP contribution >= 0.6 is 22.6 Å². The smallest absolute Gasteiger partial charge is 0.227 e. The van der Waals surface area contributed by atoms with Gasteiger partial charge in [0.05, 0.1) is 3.70 Å². The Kier molecular flexibility index (Phi) is 6.29. The van der Waals surface area contributed by atoms with Crippen molar-refractivity contribution in [2.75, 3.05) is 6.54 Å². The minimum Gasteiger partial charge on any atom is -0.307 e. The van der Waals surface area contributed by atoms with E-state index in [-0.39, 0.29) is 0 Å². The number of likely N-dealkylation sites (tertiary alicyclic amines) is 1. The predicted molar refractivity (Wildman–Crippen MR) is 71.8 cm³/mol. The Bertz CT molecular complexity index is 238. The standard InChI is InChI=1S/C12H20INO/c1-2-3-4-5-6-8-11(13)14-10-7-9-12(14)15/h8H,2-7,9-10H2,1H3/b11-8+. The Morgan fingerprint density at radius 3 is 2.87 bits per heavy atom.